The maximum Gasteiger partial charge on any atom is 0.220 e. The van der Waals surface area contributed by atoms with Gasteiger partial charge in [-0.15, -0.1) is 0 Å². The molecule has 0 bridgehead atoms. The monoisotopic (exact) mass is 216 g/mol. The zero-order chi connectivity index (χ0) is 11.1. The van der Waals surface area contributed by atoms with Gasteiger partial charge in [0, 0.05) is 32.2 Å². The number of piperidine rings is 1. The molecule has 0 radical (unpaired) electrons. The van der Waals surface area contributed by atoms with Crippen molar-refractivity contribution in [2.45, 2.75) is 31.9 Å². The van der Waals surface area contributed by atoms with Gasteiger partial charge in [0.05, 0.1) is 12.7 Å². The highest BCUT2D eigenvalue weighted by molar-refractivity contribution is 5.76. The highest BCUT2D eigenvalue weighted by Crippen LogP contribution is 2.02. The Kier molecular flexibility index (Phi) is 5.60. The van der Waals surface area contributed by atoms with Gasteiger partial charge < -0.3 is 20.5 Å². The summed E-state index contributed by atoms with van der Waals surface area (Å²) in [5.74, 6) is 0.114. The highest BCUT2D eigenvalue weighted by atomic mass is 16.5. The first-order valence-corrected chi connectivity index (χ1v) is 5.48. The number of aliphatic hydroxyl groups excluding tert-OH is 1. The summed E-state index contributed by atoms with van der Waals surface area (Å²) in [4.78, 5) is 10.9. The summed E-state index contributed by atoms with van der Waals surface area (Å²) in [6.07, 6.45) is 0.939. The first-order chi connectivity index (χ1) is 7.22. The van der Waals surface area contributed by atoms with E-state index in [1.807, 2.05) is 6.92 Å². The number of hydrogen-bond donors (Lipinski definition) is 3. The molecule has 1 aliphatic heterocycles. The molecule has 0 saturated carbocycles. The fraction of sp³-hybridized carbons (Fsp3) is 0.900. The highest BCUT2D eigenvalue weighted by Gasteiger charge is 2.17. The third-order valence-electron chi connectivity index (χ3n) is 2.42. The van der Waals surface area contributed by atoms with Gasteiger partial charge in [-0.2, -0.15) is 0 Å². The van der Waals surface area contributed by atoms with Crippen LogP contribution in [-0.2, 0) is 9.53 Å². The van der Waals surface area contributed by atoms with E-state index < -0.39 is 6.10 Å². The van der Waals surface area contributed by atoms with Gasteiger partial charge in [0.25, 0.3) is 0 Å². The lowest BCUT2D eigenvalue weighted by Crippen LogP contribution is -2.48. The molecule has 1 heterocycles. The van der Waals surface area contributed by atoms with Gasteiger partial charge in [-0.3, -0.25) is 4.79 Å². The zero-order valence-electron chi connectivity index (χ0n) is 9.16. The summed E-state index contributed by atoms with van der Waals surface area (Å²) in [5.41, 5.74) is 0. The van der Waals surface area contributed by atoms with E-state index in [2.05, 4.69) is 10.6 Å². The molecule has 0 aromatic carbocycles. The minimum Gasteiger partial charge on any atom is -0.389 e. The van der Waals surface area contributed by atoms with Crippen molar-refractivity contribution < 1.29 is 14.6 Å². The van der Waals surface area contributed by atoms with Crippen molar-refractivity contribution in [3.05, 3.63) is 0 Å². The second kappa shape index (κ2) is 6.76. The fourth-order valence-corrected chi connectivity index (χ4v) is 1.52. The molecule has 0 aliphatic carbocycles. The Morgan fingerprint density at radius 2 is 2.53 bits per heavy atom. The summed E-state index contributed by atoms with van der Waals surface area (Å²) in [5, 5.41) is 15.5. The van der Waals surface area contributed by atoms with Crippen LogP contribution >= 0.6 is 0 Å². The van der Waals surface area contributed by atoms with Crippen LogP contribution in [-0.4, -0.2) is 49.5 Å². The second-order valence-electron chi connectivity index (χ2n) is 3.76. The van der Waals surface area contributed by atoms with E-state index in [4.69, 9.17) is 4.74 Å². The summed E-state index contributed by atoms with van der Waals surface area (Å²) in [6.45, 7) is 4.05. The van der Waals surface area contributed by atoms with Gasteiger partial charge in [-0.1, -0.05) is 0 Å². The van der Waals surface area contributed by atoms with Gasteiger partial charge in [-0.25, -0.2) is 0 Å². The largest absolute Gasteiger partial charge is 0.389 e. The molecule has 1 saturated heterocycles. The Labute approximate surface area is 90.2 Å². The smallest absolute Gasteiger partial charge is 0.220 e. The number of rotatable bonds is 6. The SMILES string of the molecule is CCOCC(O)CNC1CCC(=O)NC1. The number of nitrogens with one attached hydrogen (secondary N) is 2. The molecule has 15 heavy (non-hydrogen) atoms. The lowest BCUT2D eigenvalue weighted by Gasteiger charge is -2.24. The lowest BCUT2D eigenvalue weighted by molar-refractivity contribution is -0.122. The van der Waals surface area contributed by atoms with Gasteiger partial charge in [0.15, 0.2) is 0 Å². The standard InChI is InChI=1S/C10H20N2O3/c1-2-15-7-9(13)6-11-8-3-4-10(14)12-5-8/h8-9,11,13H,2-7H2,1H3,(H,12,14). The van der Waals surface area contributed by atoms with Gasteiger partial charge >= 0.3 is 0 Å². The van der Waals surface area contributed by atoms with Crippen LogP contribution in [0.25, 0.3) is 0 Å². The molecule has 1 rings (SSSR count). The van der Waals surface area contributed by atoms with Crippen molar-refractivity contribution in [2.75, 3.05) is 26.3 Å². The van der Waals surface area contributed by atoms with E-state index in [1.165, 1.54) is 0 Å². The Balaban J connectivity index is 2.06. The van der Waals surface area contributed by atoms with E-state index in [1.54, 1.807) is 0 Å². The summed E-state index contributed by atoms with van der Waals surface area (Å²) in [6, 6.07) is 0.277. The topological polar surface area (TPSA) is 70.6 Å². The summed E-state index contributed by atoms with van der Waals surface area (Å²) in [7, 11) is 0. The number of carbonyl (C=O) groups excluding carboxylic acids is 1. The van der Waals surface area contributed by atoms with Crippen LogP contribution < -0.4 is 10.6 Å². The predicted octanol–water partition coefficient (Wildman–Crippen LogP) is -0.748. The molecule has 1 aliphatic rings. The molecular weight excluding hydrogens is 196 g/mol. The van der Waals surface area contributed by atoms with Gasteiger partial charge in [0.1, 0.15) is 0 Å². The molecule has 0 spiro atoms. The van der Waals surface area contributed by atoms with Crippen molar-refractivity contribution in [2.24, 2.45) is 0 Å². The third kappa shape index (κ3) is 5.11. The maximum atomic E-state index is 10.9. The number of amides is 1. The van der Waals surface area contributed by atoms with Crippen molar-refractivity contribution in [3.8, 4) is 0 Å². The average molecular weight is 216 g/mol. The predicted molar refractivity (Wildman–Crippen MR) is 56.5 cm³/mol. The maximum absolute atomic E-state index is 10.9. The average Bonchev–Trinajstić information content (AvgIpc) is 2.25. The van der Waals surface area contributed by atoms with Crippen molar-refractivity contribution in [3.63, 3.8) is 0 Å². The number of ether oxygens (including phenoxy) is 1. The minimum atomic E-state index is -0.470. The Bertz CT molecular complexity index is 189. The molecule has 2 atom stereocenters. The lowest BCUT2D eigenvalue weighted by atomic mass is 10.1. The van der Waals surface area contributed by atoms with Crippen LogP contribution in [0.3, 0.4) is 0 Å². The molecule has 5 heteroatoms. The van der Waals surface area contributed by atoms with E-state index in [9.17, 15) is 9.90 Å². The molecule has 1 fully saturated rings. The molecular formula is C10H20N2O3. The van der Waals surface area contributed by atoms with Crippen LogP contribution in [0.5, 0.6) is 0 Å². The van der Waals surface area contributed by atoms with Crippen LogP contribution in [0.2, 0.25) is 0 Å². The van der Waals surface area contributed by atoms with Crippen LogP contribution in [0.4, 0.5) is 0 Å². The van der Waals surface area contributed by atoms with E-state index >= 15 is 0 Å². The van der Waals surface area contributed by atoms with Crippen LogP contribution in [0, 0.1) is 0 Å². The van der Waals surface area contributed by atoms with Gasteiger partial charge in [0.2, 0.25) is 5.91 Å². The Morgan fingerprint density at radius 1 is 1.73 bits per heavy atom. The van der Waals surface area contributed by atoms with Gasteiger partial charge in [-0.05, 0) is 13.3 Å². The second-order valence-corrected chi connectivity index (χ2v) is 3.76. The fourth-order valence-electron chi connectivity index (χ4n) is 1.52. The van der Waals surface area contributed by atoms with E-state index in [-0.39, 0.29) is 11.9 Å². The Morgan fingerprint density at radius 3 is 3.13 bits per heavy atom. The third-order valence-corrected chi connectivity index (χ3v) is 2.42. The zero-order valence-corrected chi connectivity index (χ0v) is 9.16. The van der Waals surface area contributed by atoms with Crippen molar-refractivity contribution in [1.29, 1.82) is 0 Å². The molecule has 5 nitrogen and oxygen atoms in total. The molecule has 2 unspecified atom stereocenters. The number of hydrogen-bond acceptors (Lipinski definition) is 4. The van der Waals surface area contributed by atoms with Crippen molar-refractivity contribution in [1.82, 2.24) is 10.6 Å². The molecule has 1 amide bonds. The normalized spacial score (nSPS) is 23.6. The summed E-state index contributed by atoms with van der Waals surface area (Å²) < 4.78 is 5.09. The van der Waals surface area contributed by atoms with Crippen LogP contribution in [0.1, 0.15) is 19.8 Å². The van der Waals surface area contributed by atoms with Crippen LogP contribution in [0.15, 0.2) is 0 Å². The van der Waals surface area contributed by atoms with E-state index in [0.717, 1.165) is 6.42 Å². The molecule has 0 aromatic rings. The van der Waals surface area contributed by atoms with E-state index in [0.29, 0.717) is 32.7 Å². The molecule has 0 aromatic heterocycles. The molecule has 3 N–H and O–H groups in total. The minimum absolute atomic E-state index is 0.114. The van der Waals surface area contributed by atoms with Crippen molar-refractivity contribution >= 4 is 5.91 Å². The quantitative estimate of drug-likeness (QED) is 0.546. The Hall–Kier alpha value is -0.650. The molecule has 88 valence electrons. The summed E-state index contributed by atoms with van der Waals surface area (Å²) >= 11 is 0. The number of aliphatic hydroxyl groups is 1. The number of carbonyl (C=O) groups is 1. The first-order valence-electron chi connectivity index (χ1n) is 5.48. The first kappa shape index (κ1) is 12.4.